The van der Waals surface area contributed by atoms with Crippen molar-refractivity contribution in [2.24, 2.45) is 5.41 Å². The van der Waals surface area contributed by atoms with E-state index in [0.29, 0.717) is 5.56 Å². The molecule has 0 saturated carbocycles. The molecule has 0 aliphatic carbocycles. The monoisotopic (exact) mass is 469 g/mol. The van der Waals surface area contributed by atoms with Gasteiger partial charge in [0.25, 0.3) is 5.91 Å². The van der Waals surface area contributed by atoms with Crippen LogP contribution >= 0.6 is 0 Å². The van der Waals surface area contributed by atoms with E-state index in [4.69, 9.17) is 5.21 Å². The first kappa shape index (κ1) is 24.9. The fourth-order valence-electron chi connectivity index (χ4n) is 3.93. The standard InChI is InChI=1S/C25H28FN3O5/c1-25(2,3)21(22(31)28-34)29-23(32)19(27-24(29)33)12-11-16-9-10-17(14-18(16)26)20(30)13-15-7-5-4-6-8-15/h4-10,14,21,32,34H,11-13H2,1-3H3,(H,27,33)(H,28,31). The molecule has 0 fully saturated rings. The Labute approximate surface area is 196 Å². The van der Waals surface area contributed by atoms with Crippen molar-refractivity contribution in [3.8, 4) is 5.88 Å². The molecule has 0 aliphatic heterocycles. The molecule has 0 radical (unpaired) electrons. The van der Waals surface area contributed by atoms with E-state index >= 15 is 0 Å². The number of Topliss-reactive ketones (excluding diaryl/α,β-unsaturated/α-hetero) is 1. The molecule has 0 aliphatic rings. The topological polar surface area (TPSA) is 124 Å². The van der Waals surface area contributed by atoms with Crippen LogP contribution in [0.3, 0.4) is 0 Å². The summed E-state index contributed by atoms with van der Waals surface area (Å²) in [7, 11) is 0. The number of carbonyl (C=O) groups is 2. The molecule has 2 aromatic carbocycles. The average Bonchev–Trinajstić information content (AvgIpc) is 3.05. The Bertz CT molecular complexity index is 1240. The van der Waals surface area contributed by atoms with Gasteiger partial charge in [-0.2, -0.15) is 0 Å². The molecular weight excluding hydrogens is 441 g/mol. The smallest absolute Gasteiger partial charge is 0.329 e. The Hall–Kier alpha value is -3.72. The number of nitrogens with zero attached hydrogens (tertiary/aromatic N) is 1. The number of ketones is 1. The predicted octanol–water partition coefficient (Wildman–Crippen LogP) is 3.32. The first-order valence-electron chi connectivity index (χ1n) is 10.8. The summed E-state index contributed by atoms with van der Waals surface area (Å²) in [5.74, 6) is -2.07. The van der Waals surface area contributed by atoms with Crippen LogP contribution in [-0.4, -0.2) is 31.6 Å². The van der Waals surface area contributed by atoms with Crippen LogP contribution in [-0.2, 0) is 24.1 Å². The second-order valence-electron chi connectivity index (χ2n) is 9.24. The van der Waals surface area contributed by atoms with Crippen LogP contribution in [0, 0.1) is 11.2 Å². The third kappa shape index (κ3) is 5.43. The van der Waals surface area contributed by atoms with Gasteiger partial charge in [-0.25, -0.2) is 19.2 Å². The number of aromatic nitrogens is 2. The zero-order chi connectivity index (χ0) is 25.0. The fraction of sp³-hybridized carbons (Fsp3) is 0.320. The SMILES string of the molecule is CC(C)(C)C(C(=O)NO)n1c(O)c(CCc2ccc(C(=O)Cc3ccccc3)cc2F)[nH]c1=O. The number of hydrogen-bond acceptors (Lipinski definition) is 5. The van der Waals surface area contributed by atoms with Gasteiger partial charge in [-0.05, 0) is 35.4 Å². The van der Waals surface area contributed by atoms with Gasteiger partial charge in [0, 0.05) is 12.0 Å². The van der Waals surface area contributed by atoms with Crippen LogP contribution in [0.2, 0.25) is 0 Å². The van der Waals surface area contributed by atoms with Gasteiger partial charge in [0.1, 0.15) is 11.9 Å². The maximum absolute atomic E-state index is 14.7. The van der Waals surface area contributed by atoms with E-state index in [1.165, 1.54) is 17.6 Å². The first-order valence-corrected chi connectivity index (χ1v) is 10.8. The zero-order valence-electron chi connectivity index (χ0n) is 19.3. The Morgan fingerprint density at radius 3 is 2.38 bits per heavy atom. The lowest BCUT2D eigenvalue weighted by Crippen LogP contribution is -2.41. The van der Waals surface area contributed by atoms with E-state index in [1.807, 2.05) is 30.3 Å². The van der Waals surface area contributed by atoms with Crippen LogP contribution < -0.4 is 11.2 Å². The molecule has 4 N–H and O–H groups in total. The molecule has 1 atom stereocenters. The van der Waals surface area contributed by atoms with Gasteiger partial charge in [-0.1, -0.05) is 63.2 Å². The molecule has 34 heavy (non-hydrogen) atoms. The Morgan fingerprint density at radius 2 is 1.79 bits per heavy atom. The molecule has 9 heteroatoms. The molecule has 180 valence electrons. The van der Waals surface area contributed by atoms with E-state index in [1.54, 1.807) is 26.8 Å². The van der Waals surface area contributed by atoms with Crippen molar-refractivity contribution in [2.45, 2.75) is 46.1 Å². The number of hydrogen-bond donors (Lipinski definition) is 4. The molecule has 1 unspecified atom stereocenters. The zero-order valence-corrected chi connectivity index (χ0v) is 19.3. The van der Waals surface area contributed by atoms with Crippen molar-refractivity contribution < 1.29 is 24.3 Å². The number of imidazole rings is 1. The number of amides is 1. The van der Waals surface area contributed by atoms with Crippen molar-refractivity contribution in [2.75, 3.05) is 0 Å². The van der Waals surface area contributed by atoms with Gasteiger partial charge in [0.05, 0.1) is 5.69 Å². The Kier molecular flexibility index (Phi) is 7.36. The lowest BCUT2D eigenvalue weighted by atomic mass is 9.86. The van der Waals surface area contributed by atoms with Crippen molar-refractivity contribution in [1.29, 1.82) is 0 Å². The van der Waals surface area contributed by atoms with E-state index in [-0.39, 0.29) is 36.3 Å². The largest absolute Gasteiger partial charge is 0.493 e. The molecule has 0 spiro atoms. The summed E-state index contributed by atoms with van der Waals surface area (Å²) in [6.45, 7) is 5.05. The summed E-state index contributed by atoms with van der Waals surface area (Å²) in [6, 6.07) is 12.3. The maximum Gasteiger partial charge on any atom is 0.329 e. The summed E-state index contributed by atoms with van der Waals surface area (Å²) < 4.78 is 15.6. The highest BCUT2D eigenvalue weighted by Crippen LogP contribution is 2.33. The van der Waals surface area contributed by atoms with Gasteiger partial charge in [-0.15, -0.1) is 0 Å². The van der Waals surface area contributed by atoms with E-state index in [2.05, 4.69) is 4.98 Å². The molecule has 1 heterocycles. The first-order chi connectivity index (χ1) is 16.0. The minimum Gasteiger partial charge on any atom is -0.493 e. The van der Waals surface area contributed by atoms with Crippen LogP contribution in [0.5, 0.6) is 5.88 Å². The summed E-state index contributed by atoms with van der Waals surface area (Å²) in [5.41, 5.74) is 1.54. The number of rotatable bonds is 8. The Balaban J connectivity index is 1.77. The summed E-state index contributed by atoms with van der Waals surface area (Å²) in [5, 5.41) is 19.7. The maximum atomic E-state index is 14.7. The number of aromatic amines is 1. The van der Waals surface area contributed by atoms with Gasteiger partial charge in [0.2, 0.25) is 5.88 Å². The number of H-pyrrole nitrogens is 1. The van der Waals surface area contributed by atoms with Crippen LogP contribution in [0.1, 0.15) is 54.0 Å². The average molecular weight is 470 g/mol. The molecule has 0 saturated heterocycles. The third-order valence-corrected chi connectivity index (χ3v) is 5.64. The normalized spacial score (nSPS) is 12.4. The molecule has 3 aromatic rings. The van der Waals surface area contributed by atoms with Crippen LogP contribution in [0.4, 0.5) is 4.39 Å². The highest BCUT2D eigenvalue weighted by Gasteiger charge is 2.36. The summed E-state index contributed by atoms with van der Waals surface area (Å²) >= 11 is 0. The molecule has 1 amide bonds. The van der Waals surface area contributed by atoms with Crippen LogP contribution in [0.25, 0.3) is 0 Å². The van der Waals surface area contributed by atoms with E-state index < -0.39 is 34.8 Å². The molecular formula is C25H28FN3O5. The van der Waals surface area contributed by atoms with Crippen LogP contribution in [0.15, 0.2) is 53.3 Å². The van der Waals surface area contributed by atoms with Gasteiger partial charge in [-0.3, -0.25) is 14.8 Å². The number of carbonyl (C=O) groups excluding carboxylic acids is 2. The number of nitrogens with one attached hydrogen (secondary N) is 2. The number of aryl methyl sites for hydroxylation is 2. The molecule has 0 bridgehead atoms. The van der Waals surface area contributed by atoms with Crippen molar-refractivity contribution in [3.05, 3.63) is 87.2 Å². The minimum absolute atomic E-state index is 0.0832. The molecule has 8 nitrogen and oxygen atoms in total. The minimum atomic E-state index is -1.18. The lowest BCUT2D eigenvalue weighted by molar-refractivity contribution is -0.136. The number of aromatic hydroxyl groups is 1. The predicted molar refractivity (Wildman–Crippen MR) is 123 cm³/mol. The lowest BCUT2D eigenvalue weighted by Gasteiger charge is -2.29. The van der Waals surface area contributed by atoms with E-state index in [0.717, 1.165) is 10.1 Å². The van der Waals surface area contributed by atoms with Gasteiger partial charge >= 0.3 is 5.69 Å². The quantitative estimate of drug-likeness (QED) is 0.229. The number of hydroxylamine groups is 1. The van der Waals surface area contributed by atoms with Gasteiger partial charge in [0.15, 0.2) is 5.78 Å². The van der Waals surface area contributed by atoms with Crippen molar-refractivity contribution in [3.63, 3.8) is 0 Å². The Morgan fingerprint density at radius 1 is 1.12 bits per heavy atom. The number of benzene rings is 2. The van der Waals surface area contributed by atoms with E-state index in [9.17, 15) is 23.9 Å². The second kappa shape index (κ2) is 10.0. The third-order valence-electron chi connectivity index (χ3n) is 5.64. The highest BCUT2D eigenvalue weighted by molar-refractivity contribution is 5.97. The summed E-state index contributed by atoms with van der Waals surface area (Å²) in [6.07, 6.45) is 0.386. The second-order valence-corrected chi connectivity index (χ2v) is 9.24. The van der Waals surface area contributed by atoms with Crippen molar-refractivity contribution in [1.82, 2.24) is 15.0 Å². The van der Waals surface area contributed by atoms with Gasteiger partial charge < -0.3 is 10.1 Å². The number of halogens is 1. The highest BCUT2D eigenvalue weighted by atomic mass is 19.1. The fourth-order valence-corrected chi connectivity index (χ4v) is 3.93. The van der Waals surface area contributed by atoms with Crippen molar-refractivity contribution >= 4 is 11.7 Å². The molecule has 3 rings (SSSR count). The summed E-state index contributed by atoms with van der Waals surface area (Å²) in [4.78, 5) is 39.7. The molecule has 1 aromatic heterocycles.